The van der Waals surface area contributed by atoms with E-state index in [0.717, 1.165) is 11.3 Å². The van der Waals surface area contributed by atoms with Gasteiger partial charge in [-0.2, -0.15) is 0 Å². The van der Waals surface area contributed by atoms with Gasteiger partial charge in [-0.15, -0.1) is 11.3 Å². The maximum absolute atomic E-state index is 13.7. The fourth-order valence-corrected chi connectivity index (χ4v) is 3.24. The number of anilines is 2. The smallest absolute Gasteiger partial charge is 0.412 e. The lowest BCUT2D eigenvalue weighted by molar-refractivity contribution is 0.0636. The van der Waals surface area contributed by atoms with E-state index in [-0.39, 0.29) is 11.9 Å². The average Bonchev–Trinajstić information content (AvgIpc) is 2.97. The van der Waals surface area contributed by atoms with E-state index in [1.54, 1.807) is 32.1 Å². The predicted molar refractivity (Wildman–Crippen MR) is 102 cm³/mol. The van der Waals surface area contributed by atoms with E-state index in [1.165, 1.54) is 23.1 Å². The summed E-state index contributed by atoms with van der Waals surface area (Å²) >= 11 is 1.72. The molecule has 1 amide bonds. The predicted octanol–water partition coefficient (Wildman–Crippen LogP) is 5.97. The Balaban J connectivity index is 2.16. The van der Waals surface area contributed by atoms with Crippen molar-refractivity contribution in [3.8, 4) is 0 Å². The number of carbonyl (C=O) groups excluding carboxylic acids is 1. The Morgan fingerprint density at radius 3 is 2.56 bits per heavy atom. The first-order valence-corrected chi connectivity index (χ1v) is 9.14. The standard InChI is InChI=1S/C19H25FN2O2S/c1-6-14-8-10-17(25-14)12(2)21-16-11-13(20)7-9-15(16)22-18(23)24-19(3,4)5/h7-12,21H,6H2,1-5H3,(H,22,23). The van der Waals surface area contributed by atoms with Gasteiger partial charge in [0.1, 0.15) is 11.4 Å². The summed E-state index contributed by atoms with van der Waals surface area (Å²) in [5.74, 6) is -0.370. The van der Waals surface area contributed by atoms with Crippen LogP contribution in [0.5, 0.6) is 0 Å². The highest BCUT2D eigenvalue weighted by atomic mass is 32.1. The number of benzene rings is 1. The van der Waals surface area contributed by atoms with Gasteiger partial charge in [0.05, 0.1) is 17.4 Å². The maximum atomic E-state index is 13.7. The van der Waals surface area contributed by atoms with E-state index >= 15 is 0 Å². The van der Waals surface area contributed by atoms with Crippen LogP contribution in [0, 0.1) is 5.82 Å². The molecule has 0 aliphatic rings. The van der Waals surface area contributed by atoms with Crippen LogP contribution in [0.15, 0.2) is 30.3 Å². The minimum atomic E-state index is -0.599. The molecule has 0 saturated heterocycles. The molecule has 1 aromatic carbocycles. The number of halogens is 1. The van der Waals surface area contributed by atoms with Crippen LogP contribution in [0.4, 0.5) is 20.6 Å². The third-order valence-electron chi connectivity index (χ3n) is 3.45. The number of carbonyl (C=O) groups is 1. The van der Waals surface area contributed by atoms with Gasteiger partial charge in [0.25, 0.3) is 0 Å². The summed E-state index contributed by atoms with van der Waals surface area (Å²) in [6.45, 7) is 9.50. The summed E-state index contributed by atoms with van der Waals surface area (Å²) in [6, 6.07) is 8.37. The highest BCUT2D eigenvalue weighted by Crippen LogP contribution is 2.30. The van der Waals surface area contributed by atoms with Crippen LogP contribution >= 0.6 is 11.3 Å². The Morgan fingerprint density at radius 2 is 1.96 bits per heavy atom. The second kappa shape index (κ2) is 7.87. The van der Waals surface area contributed by atoms with Crippen LogP contribution in [0.2, 0.25) is 0 Å². The van der Waals surface area contributed by atoms with Crippen LogP contribution in [0.25, 0.3) is 0 Å². The summed E-state index contributed by atoms with van der Waals surface area (Å²) in [5, 5.41) is 5.95. The number of thiophene rings is 1. The molecule has 2 aromatic rings. The number of amides is 1. The fraction of sp³-hybridized carbons (Fsp3) is 0.421. The van der Waals surface area contributed by atoms with Crippen molar-refractivity contribution >= 4 is 28.8 Å². The Labute approximate surface area is 152 Å². The Morgan fingerprint density at radius 1 is 1.24 bits per heavy atom. The first-order valence-electron chi connectivity index (χ1n) is 8.32. The monoisotopic (exact) mass is 364 g/mol. The molecule has 136 valence electrons. The number of hydrogen-bond donors (Lipinski definition) is 2. The normalized spacial score (nSPS) is 12.6. The van der Waals surface area contributed by atoms with Crippen molar-refractivity contribution in [2.45, 2.75) is 52.7 Å². The minimum Gasteiger partial charge on any atom is -0.444 e. The largest absolute Gasteiger partial charge is 0.444 e. The molecule has 0 aliphatic carbocycles. The molecule has 0 spiro atoms. The van der Waals surface area contributed by atoms with Gasteiger partial charge in [0.15, 0.2) is 0 Å². The maximum Gasteiger partial charge on any atom is 0.412 e. The van der Waals surface area contributed by atoms with Gasteiger partial charge in [0, 0.05) is 9.75 Å². The highest BCUT2D eigenvalue weighted by molar-refractivity contribution is 7.12. The molecule has 0 aliphatic heterocycles. The number of nitrogens with one attached hydrogen (secondary N) is 2. The Kier molecular flexibility index (Phi) is 6.06. The van der Waals surface area contributed by atoms with E-state index in [1.807, 2.05) is 6.92 Å². The van der Waals surface area contributed by atoms with Crippen molar-refractivity contribution in [2.75, 3.05) is 10.6 Å². The van der Waals surface area contributed by atoms with E-state index < -0.39 is 11.7 Å². The third kappa shape index (κ3) is 5.74. The molecular weight excluding hydrogens is 339 g/mol. The lowest BCUT2D eigenvalue weighted by Crippen LogP contribution is -2.27. The second-order valence-electron chi connectivity index (χ2n) is 6.84. The first-order chi connectivity index (χ1) is 11.7. The lowest BCUT2D eigenvalue weighted by atomic mass is 10.2. The fourth-order valence-electron chi connectivity index (χ4n) is 2.28. The zero-order valence-electron chi connectivity index (χ0n) is 15.3. The zero-order valence-corrected chi connectivity index (χ0v) is 16.1. The molecule has 4 nitrogen and oxygen atoms in total. The SMILES string of the molecule is CCc1ccc(C(C)Nc2cc(F)ccc2NC(=O)OC(C)(C)C)s1. The lowest BCUT2D eigenvalue weighted by Gasteiger charge is -2.21. The van der Waals surface area contributed by atoms with Gasteiger partial charge in [-0.1, -0.05) is 6.92 Å². The number of aryl methyl sites for hydroxylation is 1. The third-order valence-corrected chi connectivity index (χ3v) is 4.86. The van der Waals surface area contributed by atoms with Crippen molar-refractivity contribution in [3.63, 3.8) is 0 Å². The molecule has 1 aromatic heterocycles. The summed E-state index contributed by atoms with van der Waals surface area (Å²) in [7, 11) is 0. The topological polar surface area (TPSA) is 50.4 Å². The first kappa shape index (κ1) is 19.2. The van der Waals surface area contributed by atoms with Gasteiger partial charge >= 0.3 is 6.09 Å². The minimum absolute atomic E-state index is 0.00807. The van der Waals surface area contributed by atoms with E-state index in [2.05, 4.69) is 29.7 Å². The van der Waals surface area contributed by atoms with Gasteiger partial charge in [-0.05, 0) is 64.4 Å². The quantitative estimate of drug-likeness (QED) is 0.687. The Bertz CT molecular complexity index is 737. The summed E-state index contributed by atoms with van der Waals surface area (Å²) in [4.78, 5) is 14.5. The zero-order chi connectivity index (χ0) is 18.6. The van der Waals surface area contributed by atoms with Gasteiger partial charge in [0.2, 0.25) is 0 Å². The van der Waals surface area contributed by atoms with Crippen LogP contribution in [-0.2, 0) is 11.2 Å². The molecule has 1 heterocycles. The summed E-state index contributed by atoms with van der Waals surface area (Å²) in [5.41, 5.74) is 0.401. The van der Waals surface area contributed by atoms with Gasteiger partial charge in [-0.25, -0.2) is 9.18 Å². The van der Waals surface area contributed by atoms with E-state index in [0.29, 0.717) is 11.4 Å². The molecule has 1 unspecified atom stereocenters. The van der Waals surface area contributed by atoms with Crippen LogP contribution in [0.3, 0.4) is 0 Å². The van der Waals surface area contributed by atoms with Crippen LogP contribution < -0.4 is 10.6 Å². The molecule has 25 heavy (non-hydrogen) atoms. The van der Waals surface area contributed by atoms with Gasteiger partial charge in [-0.3, -0.25) is 5.32 Å². The molecule has 6 heteroatoms. The second-order valence-corrected chi connectivity index (χ2v) is 8.04. The molecule has 0 fully saturated rings. The average molecular weight is 364 g/mol. The number of rotatable bonds is 5. The molecular formula is C19H25FN2O2S. The molecule has 0 saturated carbocycles. The van der Waals surface area contributed by atoms with Crippen molar-refractivity contribution in [3.05, 3.63) is 45.9 Å². The Hall–Kier alpha value is -2.08. The highest BCUT2D eigenvalue weighted by Gasteiger charge is 2.18. The van der Waals surface area contributed by atoms with Crippen molar-refractivity contribution < 1.29 is 13.9 Å². The van der Waals surface area contributed by atoms with Gasteiger partial charge < -0.3 is 10.1 Å². The molecule has 0 bridgehead atoms. The molecule has 2 rings (SSSR count). The van der Waals surface area contributed by atoms with Crippen LogP contribution in [-0.4, -0.2) is 11.7 Å². The molecule has 1 atom stereocenters. The molecule has 0 radical (unpaired) electrons. The van der Waals surface area contributed by atoms with Crippen LogP contribution in [0.1, 0.15) is 50.4 Å². The van der Waals surface area contributed by atoms with Crippen molar-refractivity contribution in [2.24, 2.45) is 0 Å². The molecule has 2 N–H and O–H groups in total. The van der Waals surface area contributed by atoms with Crippen molar-refractivity contribution in [1.82, 2.24) is 0 Å². The number of ether oxygens (including phenoxy) is 1. The van der Waals surface area contributed by atoms with E-state index in [4.69, 9.17) is 4.74 Å². The summed E-state index contributed by atoms with van der Waals surface area (Å²) in [6.07, 6.45) is 0.419. The summed E-state index contributed by atoms with van der Waals surface area (Å²) < 4.78 is 19.0. The van der Waals surface area contributed by atoms with E-state index in [9.17, 15) is 9.18 Å². The van der Waals surface area contributed by atoms with Crippen molar-refractivity contribution in [1.29, 1.82) is 0 Å². The number of hydrogen-bond acceptors (Lipinski definition) is 4.